The van der Waals surface area contributed by atoms with Crippen LogP contribution in [-0.4, -0.2) is 20.7 Å². The van der Waals surface area contributed by atoms with Crippen LogP contribution >= 0.6 is 0 Å². The van der Waals surface area contributed by atoms with E-state index >= 15 is 0 Å². The number of benzene rings is 1. The highest BCUT2D eigenvalue weighted by Gasteiger charge is 2.17. The van der Waals surface area contributed by atoms with Crippen molar-refractivity contribution in [1.29, 1.82) is 0 Å². The van der Waals surface area contributed by atoms with Crippen molar-refractivity contribution in [1.82, 2.24) is 0 Å². The highest BCUT2D eigenvalue weighted by molar-refractivity contribution is 7.91. The summed E-state index contributed by atoms with van der Waals surface area (Å²) >= 11 is 0. The highest BCUT2D eigenvalue weighted by Crippen LogP contribution is 2.14. The zero-order valence-corrected chi connectivity index (χ0v) is 8.48. The Balaban J connectivity index is 2.96. The molecule has 0 unspecified atom stereocenters. The molecular weight excluding hydrogens is 221 g/mol. The number of hydrogen-bond acceptors (Lipinski definition) is 3. The molecule has 0 aromatic heterocycles. The first kappa shape index (κ1) is 11.5. The van der Waals surface area contributed by atoms with Crippen LogP contribution in [0.2, 0.25) is 0 Å². The minimum atomic E-state index is -3.70. The summed E-state index contributed by atoms with van der Waals surface area (Å²) < 4.78 is 36.1. The fourth-order valence-corrected chi connectivity index (χ4v) is 2.21. The number of hydrogen-bond donors (Lipinski definition) is 0. The molecule has 1 rings (SSSR count). The zero-order chi connectivity index (χ0) is 11.3. The van der Waals surface area contributed by atoms with Gasteiger partial charge in [0.05, 0.1) is 5.75 Å². The second kappa shape index (κ2) is 4.77. The zero-order valence-electron chi connectivity index (χ0n) is 7.67. The average molecular weight is 229 g/mol. The van der Waals surface area contributed by atoms with E-state index in [2.05, 4.69) is 10.0 Å². The van der Waals surface area contributed by atoms with Crippen molar-refractivity contribution >= 4 is 9.84 Å². The van der Waals surface area contributed by atoms with Gasteiger partial charge < -0.3 is 0 Å². The second-order valence-electron chi connectivity index (χ2n) is 2.70. The fourth-order valence-electron chi connectivity index (χ4n) is 1.01. The molecule has 5 nitrogen and oxygen atoms in total. The first-order chi connectivity index (χ1) is 7.08. The Morgan fingerprint density at radius 3 is 2.67 bits per heavy atom. The third kappa shape index (κ3) is 2.93. The third-order valence-electron chi connectivity index (χ3n) is 1.69. The fraction of sp³-hybridized carbons (Fsp3) is 0.250. The maximum absolute atomic E-state index is 13.1. The van der Waals surface area contributed by atoms with Gasteiger partial charge in [-0.15, -0.1) is 0 Å². The Hall–Kier alpha value is -1.59. The van der Waals surface area contributed by atoms with E-state index in [-0.39, 0.29) is 11.4 Å². The van der Waals surface area contributed by atoms with Gasteiger partial charge in [-0.2, -0.15) is 0 Å². The van der Waals surface area contributed by atoms with E-state index in [1.165, 1.54) is 18.2 Å². The van der Waals surface area contributed by atoms with E-state index in [0.717, 1.165) is 6.07 Å². The molecule has 0 saturated carbocycles. The summed E-state index contributed by atoms with van der Waals surface area (Å²) in [6, 6.07) is 5.09. The summed E-state index contributed by atoms with van der Waals surface area (Å²) in [6.45, 7) is -0.201. The normalized spacial score (nSPS) is 10.7. The molecule has 0 radical (unpaired) electrons. The van der Waals surface area contributed by atoms with Gasteiger partial charge in [-0.05, 0) is 17.7 Å². The average Bonchev–Trinajstić information content (AvgIpc) is 2.18. The largest absolute Gasteiger partial charge is 0.224 e. The summed E-state index contributed by atoms with van der Waals surface area (Å²) in [5, 5.41) is 3.09. The van der Waals surface area contributed by atoms with Gasteiger partial charge in [-0.25, -0.2) is 12.8 Å². The maximum Gasteiger partial charge on any atom is 0.181 e. The van der Waals surface area contributed by atoms with Crippen LogP contribution in [0.1, 0.15) is 0 Å². The first-order valence-corrected chi connectivity index (χ1v) is 5.71. The molecule has 15 heavy (non-hydrogen) atoms. The minimum Gasteiger partial charge on any atom is -0.224 e. The Morgan fingerprint density at radius 1 is 1.40 bits per heavy atom. The van der Waals surface area contributed by atoms with Crippen LogP contribution in [0.25, 0.3) is 10.4 Å². The smallest absolute Gasteiger partial charge is 0.181 e. The van der Waals surface area contributed by atoms with Crippen LogP contribution in [0.4, 0.5) is 4.39 Å². The molecule has 80 valence electrons. The molecule has 0 N–H and O–H groups in total. The Labute approximate surface area is 86.1 Å². The summed E-state index contributed by atoms with van der Waals surface area (Å²) in [7, 11) is -3.70. The van der Waals surface area contributed by atoms with Crippen molar-refractivity contribution in [2.45, 2.75) is 4.90 Å². The highest BCUT2D eigenvalue weighted by atomic mass is 32.2. The maximum atomic E-state index is 13.1. The lowest BCUT2D eigenvalue weighted by Crippen LogP contribution is -2.10. The molecule has 7 heteroatoms. The van der Waals surface area contributed by atoms with E-state index in [0.29, 0.717) is 0 Å². The number of halogens is 1. The van der Waals surface area contributed by atoms with Gasteiger partial charge in [0.2, 0.25) is 0 Å². The van der Waals surface area contributed by atoms with Gasteiger partial charge in [0.25, 0.3) is 0 Å². The van der Waals surface area contributed by atoms with Crippen LogP contribution < -0.4 is 0 Å². The quantitative estimate of drug-likeness (QED) is 0.448. The predicted molar refractivity (Wildman–Crippen MR) is 52.5 cm³/mol. The molecule has 0 aliphatic rings. The Kier molecular flexibility index (Phi) is 3.65. The van der Waals surface area contributed by atoms with Crippen molar-refractivity contribution < 1.29 is 12.8 Å². The van der Waals surface area contributed by atoms with Crippen LogP contribution in [-0.2, 0) is 9.84 Å². The van der Waals surface area contributed by atoms with Gasteiger partial charge in [-0.3, -0.25) is 0 Å². The molecule has 0 aliphatic carbocycles. The Morgan fingerprint density at radius 2 is 2.07 bits per heavy atom. The third-order valence-corrected chi connectivity index (χ3v) is 3.42. The molecule has 0 bridgehead atoms. The lowest BCUT2D eigenvalue weighted by Gasteiger charge is -2.02. The van der Waals surface area contributed by atoms with Crippen molar-refractivity contribution in [3.05, 3.63) is 40.5 Å². The topological polar surface area (TPSA) is 82.9 Å². The molecule has 0 spiro atoms. The standard InChI is InChI=1S/C8H8FN3O2S/c9-7-3-1-2-4-8(7)15(13,14)6-5-11-12-10/h1-4H,5-6H2. The van der Waals surface area contributed by atoms with Crippen LogP contribution in [0.3, 0.4) is 0 Å². The van der Waals surface area contributed by atoms with Crippen molar-refractivity contribution in [3.63, 3.8) is 0 Å². The first-order valence-electron chi connectivity index (χ1n) is 4.06. The second-order valence-corrected chi connectivity index (χ2v) is 4.78. The predicted octanol–water partition coefficient (Wildman–Crippen LogP) is 1.91. The molecule has 1 aromatic carbocycles. The molecule has 0 saturated heterocycles. The molecule has 0 fully saturated rings. The summed E-state index contributed by atoms with van der Waals surface area (Å²) in [5.41, 5.74) is 7.98. The number of rotatable bonds is 4. The van der Waals surface area contributed by atoms with E-state index in [4.69, 9.17) is 5.53 Å². The number of nitrogens with zero attached hydrogens (tertiary/aromatic N) is 3. The minimum absolute atomic E-state index is 0.201. The molecular formula is C8H8FN3O2S. The van der Waals surface area contributed by atoms with Crippen molar-refractivity contribution in [2.75, 3.05) is 12.3 Å². The van der Waals surface area contributed by atoms with Crippen molar-refractivity contribution in [2.24, 2.45) is 5.11 Å². The van der Waals surface area contributed by atoms with E-state index in [1.807, 2.05) is 0 Å². The van der Waals surface area contributed by atoms with Gasteiger partial charge in [0, 0.05) is 11.5 Å². The van der Waals surface area contributed by atoms with E-state index < -0.39 is 21.4 Å². The molecule has 1 aromatic rings. The molecule has 0 amide bonds. The summed E-state index contributed by atoms with van der Waals surface area (Å²) in [5.74, 6) is -1.18. The Bertz CT molecular complexity index is 494. The van der Waals surface area contributed by atoms with Crippen LogP contribution in [0.5, 0.6) is 0 Å². The van der Waals surface area contributed by atoms with E-state index in [1.54, 1.807) is 0 Å². The van der Waals surface area contributed by atoms with Crippen LogP contribution in [0.15, 0.2) is 34.3 Å². The van der Waals surface area contributed by atoms with Crippen molar-refractivity contribution in [3.8, 4) is 0 Å². The van der Waals surface area contributed by atoms with Gasteiger partial charge >= 0.3 is 0 Å². The molecule has 0 aliphatic heterocycles. The SMILES string of the molecule is [N-]=[N+]=NCCS(=O)(=O)c1ccccc1F. The number of azide groups is 1. The monoisotopic (exact) mass is 229 g/mol. The summed E-state index contributed by atoms with van der Waals surface area (Å²) in [4.78, 5) is 2.06. The summed E-state index contributed by atoms with van der Waals surface area (Å²) in [6.07, 6.45) is 0. The van der Waals surface area contributed by atoms with Gasteiger partial charge in [0.1, 0.15) is 10.7 Å². The number of sulfone groups is 1. The lowest BCUT2D eigenvalue weighted by molar-refractivity contribution is 0.567. The van der Waals surface area contributed by atoms with Gasteiger partial charge in [0.15, 0.2) is 9.84 Å². The van der Waals surface area contributed by atoms with Crippen LogP contribution in [0, 0.1) is 5.82 Å². The van der Waals surface area contributed by atoms with Gasteiger partial charge in [-0.1, -0.05) is 17.2 Å². The lowest BCUT2D eigenvalue weighted by atomic mass is 10.3. The molecule has 0 atom stereocenters. The van der Waals surface area contributed by atoms with E-state index in [9.17, 15) is 12.8 Å². The molecule has 0 heterocycles.